The summed E-state index contributed by atoms with van der Waals surface area (Å²) >= 11 is 0. The molecule has 0 bridgehead atoms. The number of hydrogen-bond donors (Lipinski definition) is 1. The predicted molar refractivity (Wildman–Crippen MR) is 42.1 cm³/mol. The van der Waals surface area contributed by atoms with Crippen molar-refractivity contribution < 1.29 is 9.53 Å². The van der Waals surface area contributed by atoms with E-state index in [9.17, 15) is 4.79 Å². The first-order chi connectivity index (χ1) is 5.24. The van der Waals surface area contributed by atoms with Gasteiger partial charge in [0.25, 0.3) is 0 Å². The Balaban J connectivity index is 2.02. The van der Waals surface area contributed by atoms with Crippen LogP contribution in [0.1, 0.15) is 32.6 Å². The molecule has 0 aromatic carbocycles. The Hall–Kier alpha value is -0.730. The number of nitrogens with two attached hydrogens (primary N) is 1. The molecule has 0 unspecified atom stereocenters. The van der Waals surface area contributed by atoms with Gasteiger partial charge in [-0.3, -0.25) is 0 Å². The van der Waals surface area contributed by atoms with Crippen LogP contribution in [0.5, 0.6) is 0 Å². The molecule has 3 nitrogen and oxygen atoms in total. The second kappa shape index (κ2) is 3.60. The van der Waals surface area contributed by atoms with Crippen molar-refractivity contribution in [3.05, 3.63) is 0 Å². The smallest absolute Gasteiger partial charge is 0.404 e. The summed E-state index contributed by atoms with van der Waals surface area (Å²) in [7, 11) is 0. The molecule has 0 radical (unpaired) electrons. The molecule has 11 heavy (non-hydrogen) atoms. The van der Waals surface area contributed by atoms with Gasteiger partial charge in [-0.25, -0.2) is 4.79 Å². The molecule has 0 aromatic rings. The Labute approximate surface area is 66.9 Å². The van der Waals surface area contributed by atoms with Crippen molar-refractivity contribution in [1.29, 1.82) is 0 Å². The van der Waals surface area contributed by atoms with Gasteiger partial charge in [-0.05, 0) is 18.8 Å². The van der Waals surface area contributed by atoms with E-state index in [0.717, 1.165) is 6.42 Å². The van der Waals surface area contributed by atoms with E-state index < -0.39 is 6.09 Å². The minimum Gasteiger partial charge on any atom is -0.446 e. The van der Waals surface area contributed by atoms with Crippen LogP contribution in [0.3, 0.4) is 0 Å². The maximum atomic E-state index is 10.3. The van der Waals surface area contributed by atoms with Crippen molar-refractivity contribution in [3.63, 3.8) is 0 Å². The van der Waals surface area contributed by atoms with Crippen molar-refractivity contribution in [2.45, 2.75) is 38.7 Å². The van der Waals surface area contributed by atoms with Crippen molar-refractivity contribution in [2.24, 2.45) is 11.7 Å². The Kier molecular flexibility index (Phi) is 2.74. The minimum atomic E-state index is -0.631. The highest BCUT2D eigenvalue weighted by atomic mass is 16.6. The van der Waals surface area contributed by atoms with E-state index in [2.05, 4.69) is 6.92 Å². The Bertz CT molecular complexity index is 147. The SMILES string of the molecule is CCCC[C@@H]1C[C@H]1OC(N)=O. The molecule has 0 aromatic heterocycles. The topological polar surface area (TPSA) is 52.3 Å². The van der Waals surface area contributed by atoms with E-state index in [0.29, 0.717) is 5.92 Å². The van der Waals surface area contributed by atoms with Gasteiger partial charge in [-0.1, -0.05) is 19.8 Å². The zero-order valence-electron chi connectivity index (χ0n) is 6.88. The predicted octanol–water partition coefficient (Wildman–Crippen LogP) is 1.66. The van der Waals surface area contributed by atoms with Gasteiger partial charge >= 0.3 is 6.09 Å². The summed E-state index contributed by atoms with van der Waals surface area (Å²) in [5.74, 6) is 0.599. The number of amides is 1. The summed E-state index contributed by atoms with van der Waals surface area (Å²) < 4.78 is 4.81. The van der Waals surface area contributed by atoms with Gasteiger partial charge in [0.2, 0.25) is 0 Å². The summed E-state index contributed by atoms with van der Waals surface area (Å²) in [6.45, 7) is 2.16. The van der Waals surface area contributed by atoms with E-state index >= 15 is 0 Å². The molecule has 1 saturated carbocycles. The molecule has 0 aliphatic heterocycles. The molecule has 1 rings (SSSR count). The molecule has 3 heteroatoms. The van der Waals surface area contributed by atoms with Crippen LogP contribution in [-0.2, 0) is 4.74 Å². The monoisotopic (exact) mass is 157 g/mol. The molecular weight excluding hydrogens is 142 g/mol. The number of carbonyl (C=O) groups excluding carboxylic acids is 1. The number of ether oxygens (including phenoxy) is 1. The summed E-state index contributed by atoms with van der Waals surface area (Å²) in [5, 5.41) is 0. The summed E-state index contributed by atoms with van der Waals surface area (Å²) in [6, 6.07) is 0. The van der Waals surface area contributed by atoms with Gasteiger partial charge < -0.3 is 10.5 Å². The van der Waals surface area contributed by atoms with Crippen molar-refractivity contribution in [1.82, 2.24) is 0 Å². The maximum Gasteiger partial charge on any atom is 0.404 e. The number of unbranched alkanes of at least 4 members (excludes halogenated alkanes) is 1. The van der Waals surface area contributed by atoms with E-state index in [4.69, 9.17) is 10.5 Å². The molecule has 2 atom stereocenters. The van der Waals surface area contributed by atoms with Gasteiger partial charge in [-0.2, -0.15) is 0 Å². The third kappa shape index (κ3) is 2.78. The van der Waals surface area contributed by atoms with Crippen LogP contribution >= 0.6 is 0 Å². The van der Waals surface area contributed by atoms with Crippen LogP contribution < -0.4 is 5.73 Å². The summed E-state index contributed by atoms with van der Waals surface area (Å²) in [6.07, 6.45) is 4.13. The fourth-order valence-electron chi connectivity index (χ4n) is 1.28. The second-order valence-electron chi connectivity index (χ2n) is 3.11. The molecule has 1 aliphatic carbocycles. The standard InChI is InChI=1S/C8H15NO2/c1-2-3-4-6-5-7(6)11-8(9)10/h6-7H,2-5H2,1H3,(H2,9,10)/t6-,7-/m1/s1. The molecule has 1 aliphatic rings. The molecule has 0 heterocycles. The number of primary amides is 1. The lowest BCUT2D eigenvalue weighted by Crippen LogP contribution is -2.15. The van der Waals surface area contributed by atoms with Gasteiger partial charge in [0, 0.05) is 0 Å². The molecule has 2 N–H and O–H groups in total. The van der Waals surface area contributed by atoms with Gasteiger partial charge in [0.05, 0.1) is 0 Å². The molecule has 0 saturated heterocycles. The van der Waals surface area contributed by atoms with Crippen LogP contribution in [-0.4, -0.2) is 12.2 Å². The Morgan fingerprint density at radius 2 is 2.45 bits per heavy atom. The minimum absolute atomic E-state index is 0.138. The van der Waals surface area contributed by atoms with E-state index in [1.807, 2.05) is 0 Å². The first kappa shape index (κ1) is 8.37. The molecule has 0 spiro atoms. The van der Waals surface area contributed by atoms with Gasteiger partial charge in [0.15, 0.2) is 0 Å². The normalized spacial score (nSPS) is 28.1. The third-order valence-corrected chi connectivity index (χ3v) is 2.05. The number of hydrogen-bond acceptors (Lipinski definition) is 2. The molecule has 64 valence electrons. The molecule has 1 amide bonds. The van der Waals surface area contributed by atoms with Gasteiger partial charge in [0.1, 0.15) is 6.10 Å². The van der Waals surface area contributed by atoms with Crippen molar-refractivity contribution in [3.8, 4) is 0 Å². The highest BCUT2D eigenvalue weighted by molar-refractivity contribution is 5.65. The van der Waals surface area contributed by atoms with Crippen LogP contribution in [0.15, 0.2) is 0 Å². The molecular formula is C8H15NO2. The average molecular weight is 157 g/mol. The van der Waals surface area contributed by atoms with Crippen LogP contribution in [0.4, 0.5) is 4.79 Å². The Morgan fingerprint density at radius 3 is 3.00 bits per heavy atom. The zero-order chi connectivity index (χ0) is 8.27. The quantitative estimate of drug-likeness (QED) is 0.674. The van der Waals surface area contributed by atoms with Crippen LogP contribution in [0.25, 0.3) is 0 Å². The van der Waals surface area contributed by atoms with Crippen molar-refractivity contribution >= 4 is 6.09 Å². The summed E-state index contributed by atoms with van der Waals surface area (Å²) in [5.41, 5.74) is 4.86. The first-order valence-electron chi connectivity index (χ1n) is 4.20. The van der Waals surface area contributed by atoms with Crippen molar-refractivity contribution in [2.75, 3.05) is 0 Å². The van der Waals surface area contributed by atoms with E-state index in [1.54, 1.807) is 0 Å². The van der Waals surface area contributed by atoms with Crippen LogP contribution in [0.2, 0.25) is 0 Å². The first-order valence-corrected chi connectivity index (χ1v) is 4.20. The summed E-state index contributed by atoms with van der Waals surface area (Å²) in [4.78, 5) is 10.3. The largest absolute Gasteiger partial charge is 0.446 e. The average Bonchev–Trinajstić information content (AvgIpc) is 2.62. The lowest BCUT2D eigenvalue weighted by molar-refractivity contribution is 0.143. The Morgan fingerprint density at radius 1 is 1.73 bits per heavy atom. The fourth-order valence-corrected chi connectivity index (χ4v) is 1.28. The lowest BCUT2D eigenvalue weighted by Gasteiger charge is -1.98. The highest BCUT2D eigenvalue weighted by Gasteiger charge is 2.39. The van der Waals surface area contributed by atoms with E-state index in [-0.39, 0.29) is 6.10 Å². The third-order valence-electron chi connectivity index (χ3n) is 2.05. The maximum absolute atomic E-state index is 10.3. The number of carbonyl (C=O) groups is 1. The lowest BCUT2D eigenvalue weighted by atomic mass is 10.2. The molecule has 1 fully saturated rings. The highest BCUT2D eigenvalue weighted by Crippen LogP contribution is 2.37. The van der Waals surface area contributed by atoms with Crippen LogP contribution in [0, 0.1) is 5.92 Å². The second-order valence-corrected chi connectivity index (χ2v) is 3.11. The number of rotatable bonds is 4. The zero-order valence-corrected chi connectivity index (χ0v) is 6.88. The fraction of sp³-hybridized carbons (Fsp3) is 0.875. The van der Waals surface area contributed by atoms with E-state index in [1.165, 1.54) is 19.3 Å². The van der Waals surface area contributed by atoms with Gasteiger partial charge in [-0.15, -0.1) is 0 Å².